The molecule has 36 heavy (non-hydrogen) atoms. The third kappa shape index (κ3) is 5.14. The molecule has 0 aromatic heterocycles. The average Bonchev–Trinajstić information content (AvgIpc) is 3.13. The van der Waals surface area contributed by atoms with Crippen LogP contribution in [0.5, 0.6) is 5.75 Å². The van der Waals surface area contributed by atoms with E-state index in [1.165, 1.54) is 0 Å². The molecular formula is C30H34N2O4. The number of nitrogens with zero attached hydrogens (tertiary/aromatic N) is 2. The first-order valence-electron chi connectivity index (χ1n) is 12.6. The van der Waals surface area contributed by atoms with Gasteiger partial charge in [0.2, 0.25) is 0 Å². The summed E-state index contributed by atoms with van der Waals surface area (Å²) in [6.45, 7) is 10.7. The van der Waals surface area contributed by atoms with Crippen LogP contribution in [-0.4, -0.2) is 58.9 Å². The molecule has 1 aliphatic heterocycles. The Kier molecular flexibility index (Phi) is 7.75. The molecule has 0 spiro atoms. The molecule has 0 saturated carbocycles. The van der Waals surface area contributed by atoms with E-state index in [2.05, 4.69) is 18.7 Å². The summed E-state index contributed by atoms with van der Waals surface area (Å²) in [6, 6.07) is 20.1. The van der Waals surface area contributed by atoms with Crippen molar-refractivity contribution >= 4 is 28.2 Å². The van der Waals surface area contributed by atoms with Crippen molar-refractivity contribution in [3.63, 3.8) is 0 Å². The zero-order valence-electron chi connectivity index (χ0n) is 21.4. The number of Topliss-reactive ketones (excluding diaryl/α,β-unsaturated/α-hetero) is 1. The normalized spacial score (nSPS) is 17.5. The molecule has 6 nitrogen and oxygen atoms in total. The van der Waals surface area contributed by atoms with E-state index in [4.69, 9.17) is 4.74 Å². The Morgan fingerprint density at radius 3 is 2.39 bits per heavy atom. The van der Waals surface area contributed by atoms with Crippen LogP contribution in [0.25, 0.3) is 16.5 Å². The molecule has 6 heteroatoms. The number of ketones is 1. The first-order chi connectivity index (χ1) is 17.3. The van der Waals surface area contributed by atoms with Gasteiger partial charge in [-0.05, 0) is 61.5 Å². The van der Waals surface area contributed by atoms with Gasteiger partial charge in [-0.1, -0.05) is 62.4 Å². The van der Waals surface area contributed by atoms with Crippen LogP contribution in [0.15, 0.2) is 72.3 Å². The summed E-state index contributed by atoms with van der Waals surface area (Å²) in [7, 11) is 0. The van der Waals surface area contributed by atoms with Gasteiger partial charge in [0.25, 0.3) is 11.7 Å². The van der Waals surface area contributed by atoms with E-state index in [-0.39, 0.29) is 17.4 Å². The molecule has 188 valence electrons. The molecule has 1 amide bonds. The first kappa shape index (κ1) is 25.5. The Morgan fingerprint density at radius 1 is 0.972 bits per heavy atom. The lowest BCUT2D eigenvalue weighted by Crippen LogP contribution is -2.38. The van der Waals surface area contributed by atoms with Gasteiger partial charge in [0.15, 0.2) is 0 Å². The second-order valence-corrected chi connectivity index (χ2v) is 9.32. The van der Waals surface area contributed by atoms with Gasteiger partial charge in [0.05, 0.1) is 17.7 Å². The molecule has 1 atom stereocenters. The number of amides is 1. The van der Waals surface area contributed by atoms with Gasteiger partial charge < -0.3 is 19.6 Å². The van der Waals surface area contributed by atoms with Crippen LogP contribution in [0.4, 0.5) is 0 Å². The zero-order chi connectivity index (χ0) is 25.8. The molecule has 3 aromatic rings. The Balaban J connectivity index is 1.83. The van der Waals surface area contributed by atoms with Crippen LogP contribution in [0.3, 0.4) is 0 Å². The van der Waals surface area contributed by atoms with E-state index >= 15 is 0 Å². The van der Waals surface area contributed by atoms with Gasteiger partial charge in [-0.2, -0.15) is 0 Å². The molecule has 1 saturated heterocycles. The maximum absolute atomic E-state index is 13.4. The van der Waals surface area contributed by atoms with Gasteiger partial charge in [0, 0.05) is 18.7 Å². The van der Waals surface area contributed by atoms with Gasteiger partial charge in [-0.25, -0.2) is 0 Å². The number of carbonyl (C=O) groups is 2. The Morgan fingerprint density at radius 2 is 1.69 bits per heavy atom. The lowest BCUT2D eigenvalue weighted by Gasteiger charge is -2.28. The fourth-order valence-corrected chi connectivity index (χ4v) is 4.77. The average molecular weight is 487 g/mol. The Hall–Kier alpha value is -3.64. The number of likely N-dealkylation sites (N-methyl/N-ethyl adjacent to an activating group) is 1. The number of benzene rings is 3. The lowest BCUT2D eigenvalue weighted by atomic mass is 9.94. The largest absolute Gasteiger partial charge is 0.507 e. The summed E-state index contributed by atoms with van der Waals surface area (Å²) in [5.74, 6) is -0.766. The van der Waals surface area contributed by atoms with Crippen LogP contribution < -0.4 is 4.74 Å². The summed E-state index contributed by atoms with van der Waals surface area (Å²) in [5, 5.41) is 13.4. The molecule has 4 rings (SSSR count). The van der Waals surface area contributed by atoms with E-state index in [9.17, 15) is 14.7 Å². The fraction of sp³-hybridized carbons (Fsp3) is 0.333. The number of fused-ring (bicyclic) bond motifs is 1. The second-order valence-electron chi connectivity index (χ2n) is 9.32. The highest BCUT2D eigenvalue weighted by molar-refractivity contribution is 6.46. The third-order valence-electron chi connectivity index (χ3n) is 6.66. The predicted octanol–water partition coefficient (Wildman–Crippen LogP) is 5.39. The third-order valence-corrected chi connectivity index (χ3v) is 6.66. The van der Waals surface area contributed by atoms with Crippen molar-refractivity contribution in [2.75, 3.05) is 26.2 Å². The van der Waals surface area contributed by atoms with Crippen LogP contribution in [-0.2, 0) is 9.59 Å². The molecule has 1 fully saturated rings. The highest BCUT2D eigenvalue weighted by Gasteiger charge is 2.46. The summed E-state index contributed by atoms with van der Waals surface area (Å²) in [6.07, 6.45) is -0.0214. The number of rotatable bonds is 9. The van der Waals surface area contributed by atoms with E-state index in [1.54, 1.807) is 11.0 Å². The van der Waals surface area contributed by atoms with Crippen molar-refractivity contribution in [1.82, 2.24) is 9.80 Å². The topological polar surface area (TPSA) is 70.1 Å². The SMILES string of the molecule is CCN(CC)CCN1C(=O)C(=O)/C(=C(\O)c2ccc3ccccc3c2)C1c1cccc(OC(C)C)c1. The standard InChI is InChI=1S/C30H34N2O4/c1-5-31(6-2)16-17-32-27(23-12-9-13-25(19-23)36-20(3)4)26(29(34)30(32)35)28(33)24-15-14-21-10-7-8-11-22(21)18-24/h7-15,18-20,27,33H,5-6,16-17H2,1-4H3/b28-26-. The van der Waals surface area contributed by atoms with Crippen LogP contribution in [0.1, 0.15) is 44.9 Å². The molecule has 1 unspecified atom stereocenters. The molecule has 0 radical (unpaired) electrons. The highest BCUT2D eigenvalue weighted by Crippen LogP contribution is 2.40. The quantitative estimate of drug-likeness (QED) is 0.249. The maximum atomic E-state index is 13.4. The number of ether oxygens (including phenoxy) is 1. The molecule has 0 bridgehead atoms. The highest BCUT2D eigenvalue weighted by atomic mass is 16.5. The predicted molar refractivity (Wildman–Crippen MR) is 143 cm³/mol. The minimum absolute atomic E-state index is 0.0214. The van der Waals surface area contributed by atoms with Gasteiger partial charge in [-0.3, -0.25) is 9.59 Å². The Labute approximate surface area is 212 Å². The molecule has 1 N–H and O–H groups in total. The van der Waals surface area contributed by atoms with Crippen LogP contribution >= 0.6 is 0 Å². The van der Waals surface area contributed by atoms with E-state index in [0.29, 0.717) is 24.4 Å². The van der Waals surface area contributed by atoms with Gasteiger partial charge >= 0.3 is 0 Å². The number of hydrogen-bond donors (Lipinski definition) is 1. The minimum atomic E-state index is -0.706. The molecule has 1 heterocycles. The van der Waals surface area contributed by atoms with E-state index < -0.39 is 17.7 Å². The summed E-state index contributed by atoms with van der Waals surface area (Å²) in [4.78, 5) is 30.4. The van der Waals surface area contributed by atoms with Crippen molar-refractivity contribution in [1.29, 1.82) is 0 Å². The smallest absolute Gasteiger partial charge is 0.295 e. The second kappa shape index (κ2) is 11.0. The van der Waals surface area contributed by atoms with Crippen molar-refractivity contribution in [2.24, 2.45) is 0 Å². The van der Waals surface area contributed by atoms with Crippen molar-refractivity contribution < 1.29 is 19.4 Å². The minimum Gasteiger partial charge on any atom is -0.507 e. The zero-order valence-corrected chi connectivity index (χ0v) is 21.4. The monoisotopic (exact) mass is 486 g/mol. The van der Waals surface area contributed by atoms with Crippen molar-refractivity contribution in [3.05, 3.63) is 83.4 Å². The molecule has 0 aliphatic carbocycles. The maximum Gasteiger partial charge on any atom is 0.295 e. The van der Waals surface area contributed by atoms with E-state index in [1.807, 2.05) is 74.5 Å². The number of hydrogen-bond acceptors (Lipinski definition) is 5. The fourth-order valence-electron chi connectivity index (χ4n) is 4.77. The summed E-state index contributed by atoms with van der Waals surface area (Å²) < 4.78 is 5.89. The first-order valence-corrected chi connectivity index (χ1v) is 12.6. The molecular weight excluding hydrogens is 452 g/mol. The van der Waals surface area contributed by atoms with Crippen LogP contribution in [0, 0.1) is 0 Å². The van der Waals surface area contributed by atoms with Crippen LogP contribution in [0.2, 0.25) is 0 Å². The number of aliphatic hydroxyl groups excluding tert-OH is 1. The van der Waals surface area contributed by atoms with Gasteiger partial charge in [0.1, 0.15) is 11.5 Å². The number of carbonyl (C=O) groups excluding carboxylic acids is 2. The molecule has 3 aromatic carbocycles. The van der Waals surface area contributed by atoms with E-state index in [0.717, 1.165) is 29.4 Å². The number of likely N-dealkylation sites (tertiary alicyclic amines) is 1. The van der Waals surface area contributed by atoms with Crippen molar-refractivity contribution in [2.45, 2.75) is 39.8 Å². The number of aliphatic hydroxyl groups is 1. The summed E-state index contributed by atoms with van der Waals surface area (Å²) in [5.41, 5.74) is 1.35. The van der Waals surface area contributed by atoms with Gasteiger partial charge in [-0.15, -0.1) is 0 Å². The Bertz CT molecular complexity index is 1290. The summed E-state index contributed by atoms with van der Waals surface area (Å²) >= 11 is 0. The molecule has 1 aliphatic rings. The van der Waals surface area contributed by atoms with Crippen molar-refractivity contribution in [3.8, 4) is 5.75 Å². The lowest BCUT2D eigenvalue weighted by molar-refractivity contribution is -0.140.